The van der Waals surface area contributed by atoms with Crippen molar-refractivity contribution in [2.45, 2.75) is 12.8 Å². The van der Waals surface area contributed by atoms with Crippen LogP contribution in [0.15, 0.2) is 30.3 Å². The normalized spacial score (nSPS) is 11.9. The second kappa shape index (κ2) is 5.61. The standard InChI is InChI=1S/C12H16N2OS/c1-9(10-6-4-3-5-7-10)12(15)14(2)8-11(13)16/h3-7,9H,8H2,1-2H3,(H2,13,16). The number of hydrogen-bond donors (Lipinski definition) is 1. The van der Waals surface area contributed by atoms with Crippen molar-refractivity contribution in [3.8, 4) is 0 Å². The number of likely N-dealkylation sites (N-methyl/N-ethyl adjacent to an activating group) is 1. The Morgan fingerprint density at radius 2 is 2.00 bits per heavy atom. The van der Waals surface area contributed by atoms with Gasteiger partial charge >= 0.3 is 0 Å². The highest BCUT2D eigenvalue weighted by Crippen LogP contribution is 2.16. The molecule has 0 fully saturated rings. The SMILES string of the molecule is CC(C(=O)N(C)CC(N)=S)c1ccccc1. The lowest BCUT2D eigenvalue weighted by molar-refractivity contribution is -0.130. The summed E-state index contributed by atoms with van der Waals surface area (Å²) in [6.07, 6.45) is 0. The molecule has 0 aromatic heterocycles. The molecule has 1 unspecified atom stereocenters. The van der Waals surface area contributed by atoms with Crippen LogP contribution >= 0.6 is 12.2 Å². The number of nitrogens with zero attached hydrogens (tertiary/aromatic N) is 1. The van der Waals surface area contributed by atoms with Crippen LogP contribution in [0, 0.1) is 0 Å². The minimum absolute atomic E-state index is 0.0269. The molecule has 0 spiro atoms. The van der Waals surface area contributed by atoms with Crippen molar-refractivity contribution in [3.63, 3.8) is 0 Å². The van der Waals surface area contributed by atoms with Crippen LogP contribution in [0.5, 0.6) is 0 Å². The van der Waals surface area contributed by atoms with Gasteiger partial charge in [0.2, 0.25) is 5.91 Å². The molecule has 3 nitrogen and oxygen atoms in total. The molecule has 4 heteroatoms. The first-order chi connectivity index (χ1) is 7.52. The highest BCUT2D eigenvalue weighted by atomic mass is 32.1. The van der Waals surface area contributed by atoms with E-state index in [4.69, 9.17) is 18.0 Å². The van der Waals surface area contributed by atoms with E-state index in [1.54, 1.807) is 11.9 Å². The zero-order chi connectivity index (χ0) is 12.1. The van der Waals surface area contributed by atoms with Crippen molar-refractivity contribution in [3.05, 3.63) is 35.9 Å². The van der Waals surface area contributed by atoms with Crippen LogP contribution in [0.4, 0.5) is 0 Å². The van der Waals surface area contributed by atoms with Crippen LogP contribution < -0.4 is 5.73 Å². The van der Waals surface area contributed by atoms with Crippen LogP contribution in [0.25, 0.3) is 0 Å². The first kappa shape index (κ1) is 12.6. The lowest BCUT2D eigenvalue weighted by Gasteiger charge is -2.20. The second-order valence-electron chi connectivity index (χ2n) is 3.79. The molecule has 86 valence electrons. The fourth-order valence-corrected chi connectivity index (χ4v) is 1.72. The van der Waals surface area contributed by atoms with Gasteiger partial charge in [0, 0.05) is 7.05 Å². The van der Waals surface area contributed by atoms with Crippen molar-refractivity contribution >= 4 is 23.1 Å². The molecule has 0 saturated heterocycles. The molecule has 0 radical (unpaired) electrons. The van der Waals surface area contributed by atoms with Gasteiger partial charge in [-0.05, 0) is 12.5 Å². The number of amides is 1. The summed E-state index contributed by atoms with van der Waals surface area (Å²) in [7, 11) is 1.71. The summed E-state index contributed by atoms with van der Waals surface area (Å²) in [4.78, 5) is 13.9. The molecule has 1 atom stereocenters. The van der Waals surface area contributed by atoms with Crippen LogP contribution in [0.3, 0.4) is 0 Å². The van der Waals surface area contributed by atoms with E-state index in [0.29, 0.717) is 11.5 Å². The maximum absolute atomic E-state index is 12.0. The Balaban J connectivity index is 2.71. The predicted molar refractivity (Wildman–Crippen MR) is 69.3 cm³/mol. The molecule has 0 saturated carbocycles. The van der Waals surface area contributed by atoms with Crippen LogP contribution in [-0.4, -0.2) is 29.4 Å². The zero-order valence-electron chi connectivity index (χ0n) is 9.51. The third kappa shape index (κ3) is 3.31. The van der Waals surface area contributed by atoms with E-state index >= 15 is 0 Å². The summed E-state index contributed by atoms with van der Waals surface area (Å²) < 4.78 is 0. The largest absolute Gasteiger partial charge is 0.392 e. The van der Waals surface area contributed by atoms with Crippen molar-refractivity contribution in [2.24, 2.45) is 5.73 Å². The Bertz CT molecular complexity index is 378. The molecule has 0 aliphatic rings. The number of rotatable bonds is 4. The Labute approximate surface area is 101 Å². The summed E-state index contributed by atoms with van der Waals surface area (Å²) in [5, 5.41) is 0. The van der Waals surface area contributed by atoms with Gasteiger partial charge in [-0.1, -0.05) is 42.5 Å². The fraction of sp³-hybridized carbons (Fsp3) is 0.333. The molecule has 1 amide bonds. The van der Waals surface area contributed by atoms with Gasteiger partial charge in [-0.2, -0.15) is 0 Å². The number of hydrogen-bond acceptors (Lipinski definition) is 2. The molecule has 0 bridgehead atoms. The fourth-order valence-electron chi connectivity index (χ4n) is 1.53. The number of thiocarbonyl (C=S) groups is 1. The third-order valence-electron chi connectivity index (χ3n) is 2.44. The molecule has 1 aromatic carbocycles. The van der Waals surface area contributed by atoms with Gasteiger partial charge in [-0.3, -0.25) is 4.79 Å². The summed E-state index contributed by atoms with van der Waals surface area (Å²) in [5.41, 5.74) is 6.41. The number of nitrogens with two attached hydrogens (primary N) is 1. The summed E-state index contributed by atoms with van der Waals surface area (Å²) in [6, 6.07) is 9.66. The molecule has 1 aromatic rings. The molecular weight excluding hydrogens is 220 g/mol. The average molecular weight is 236 g/mol. The Morgan fingerprint density at radius 3 is 2.50 bits per heavy atom. The summed E-state index contributed by atoms with van der Waals surface area (Å²) in [6.45, 7) is 2.21. The molecular formula is C12H16N2OS. The van der Waals surface area contributed by atoms with Gasteiger partial charge in [-0.15, -0.1) is 0 Å². The van der Waals surface area contributed by atoms with Crippen molar-refractivity contribution in [1.29, 1.82) is 0 Å². The van der Waals surface area contributed by atoms with Gasteiger partial charge in [0.1, 0.15) is 0 Å². The van der Waals surface area contributed by atoms with E-state index < -0.39 is 0 Å². The minimum Gasteiger partial charge on any atom is -0.392 e. The second-order valence-corrected chi connectivity index (χ2v) is 4.32. The maximum atomic E-state index is 12.0. The van der Waals surface area contributed by atoms with E-state index in [1.807, 2.05) is 37.3 Å². The summed E-state index contributed by atoms with van der Waals surface area (Å²) >= 11 is 4.78. The van der Waals surface area contributed by atoms with E-state index in [0.717, 1.165) is 5.56 Å². The number of benzene rings is 1. The maximum Gasteiger partial charge on any atom is 0.229 e. The Kier molecular flexibility index (Phi) is 4.43. The van der Waals surface area contributed by atoms with Crippen LogP contribution in [-0.2, 0) is 4.79 Å². The van der Waals surface area contributed by atoms with Crippen molar-refractivity contribution in [1.82, 2.24) is 4.90 Å². The number of carbonyl (C=O) groups excluding carboxylic acids is 1. The van der Waals surface area contributed by atoms with Crippen LogP contribution in [0.2, 0.25) is 0 Å². The monoisotopic (exact) mass is 236 g/mol. The highest BCUT2D eigenvalue weighted by Gasteiger charge is 2.18. The predicted octanol–water partition coefficient (Wildman–Crippen LogP) is 1.53. The van der Waals surface area contributed by atoms with Gasteiger partial charge in [-0.25, -0.2) is 0 Å². The lowest BCUT2D eigenvalue weighted by atomic mass is 10.00. The van der Waals surface area contributed by atoms with Crippen molar-refractivity contribution in [2.75, 3.05) is 13.6 Å². The third-order valence-corrected chi connectivity index (χ3v) is 2.57. The van der Waals surface area contributed by atoms with Crippen molar-refractivity contribution < 1.29 is 4.79 Å². The lowest BCUT2D eigenvalue weighted by Crippen LogP contribution is -2.36. The topological polar surface area (TPSA) is 46.3 Å². The smallest absolute Gasteiger partial charge is 0.229 e. The first-order valence-corrected chi connectivity index (χ1v) is 5.51. The first-order valence-electron chi connectivity index (χ1n) is 5.10. The van der Waals surface area contributed by atoms with E-state index in [9.17, 15) is 4.79 Å². The van der Waals surface area contributed by atoms with E-state index in [1.165, 1.54) is 0 Å². The van der Waals surface area contributed by atoms with Gasteiger partial charge in [0.25, 0.3) is 0 Å². The van der Waals surface area contributed by atoms with Gasteiger partial charge in [0.05, 0.1) is 17.5 Å². The summed E-state index contributed by atoms with van der Waals surface area (Å²) in [5.74, 6) is -0.139. The molecule has 0 aliphatic carbocycles. The highest BCUT2D eigenvalue weighted by molar-refractivity contribution is 7.80. The molecule has 0 heterocycles. The number of carbonyl (C=O) groups is 1. The molecule has 2 N–H and O–H groups in total. The van der Waals surface area contributed by atoms with E-state index in [-0.39, 0.29) is 11.8 Å². The molecule has 16 heavy (non-hydrogen) atoms. The Morgan fingerprint density at radius 1 is 1.44 bits per heavy atom. The van der Waals surface area contributed by atoms with E-state index in [2.05, 4.69) is 0 Å². The van der Waals surface area contributed by atoms with Crippen LogP contribution in [0.1, 0.15) is 18.4 Å². The Hall–Kier alpha value is -1.42. The van der Waals surface area contributed by atoms with Gasteiger partial charge in [0.15, 0.2) is 0 Å². The molecule has 1 rings (SSSR count). The van der Waals surface area contributed by atoms with Gasteiger partial charge < -0.3 is 10.6 Å². The zero-order valence-corrected chi connectivity index (χ0v) is 10.3. The quantitative estimate of drug-likeness (QED) is 0.807. The minimum atomic E-state index is -0.166. The average Bonchev–Trinajstić information content (AvgIpc) is 2.27. The molecule has 0 aliphatic heterocycles.